The molecule has 2 aliphatic heterocycles. The molecule has 0 aromatic heterocycles. The van der Waals surface area contributed by atoms with Crippen LogP contribution in [0.15, 0.2) is 0 Å². The molecular formula is C45H83BN2O32P2. The summed E-state index contributed by atoms with van der Waals surface area (Å²) < 4.78 is 106. The van der Waals surface area contributed by atoms with Crippen molar-refractivity contribution in [2.75, 3.05) is 172 Å². The fraction of sp³-hybridized carbons (Fsp3) is 0.911. The molecule has 2 amide bonds. The lowest BCUT2D eigenvalue weighted by molar-refractivity contribution is -0.301. The smallest absolute Gasteiger partial charge is 0.387 e. The predicted molar refractivity (Wildman–Crippen MR) is 273 cm³/mol. The van der Waals surface area contributed by atoms with Gasteiger partial charge < -0.3 is 132 Å². The minimum Gasteiger partial charge on any atom is -0.387 e. The Hall–Kier alpha value is -2.24. The first-order valence-electron chi connectivity index (χ1n) is 26.3. The van der Waals surface area contributed by atoms with Crippen LogP contribution in [0.4, 0.5) is 0 Å². The van der Waals surface area contributed by atoms with Crippen molar-refractivity contribution in [2.24, 2.45) is 5.92 Å². The van der Waals surface area contributed by atoms with E-state index in [1.54, 1.807) is 0 Å². The van der Waals surface area contributed by atoms with Gasteiger partial charge in [-0.1, -0.05) is 0 Å². The van der Waals surface area contributed by atoms with Gasteiger partial charge in [0.15, 0.2) is 20.4 Å². The SMILES string of the molecule is [B]C(=O)CCOCCOCCOCCOCCNC(=O)CC(C(=O)CCCOCCOCCOCCOC1OC(COP(=O)(O)O)C(O)C(O)C1O)C(=O)NCCOCCOCCOCCOC1OC(COP(=O)(O)O)C(O)C(O)C1O. The highest BCUT2D eigenvalue weighted by Gasteiger charge is 2.46. The molecule has 11 unspecified atom stereocenters. The van der Waals surface area contributed by atoms with Gasteiger partial charge in [0, 0.05) is 39.0 Å². The number of ether oxygens (including phenoxy) is 14. The molecule has 11 atom stereocenters. The number of ketones is 1. The molecule has 34 nitrogen and oxygen atoms in total. The quantitative estimate of drug-likeness (QED) is 0.0117. The molecule has 2 heterocycles. The molecule has 12 N–H and O–H groups in total. The fourth-order valence-electron chi connectivity index (χ4n) is 6.95. The zero-order valence-corrected chi connectivity index (χ0v) is 47.3. The van der Waals surface area contributed by atoms with Crippen molar-refractivity contribution in [1.82, 2.24) is 10.6 Å². The summed E-state index contributed by atoms with van der Waals surface area (Å²) in [5.41, 5.74) is -0.448. The Balaban J connectivity index is 1.65. The second kappa shape index (κ2) is 45.1. The number of phosphoric ester groups is 2. The van der Waals surface area contributed by atoms with E-state index in [1.165, 1.54) is 0 Å². The largest absolute Gasteiger partial charge is 0.469 e. The topological polar surface area (TPSA) is 476 Å². The van der Waals surface area contributed by atoms with E-state index in [-0.39, 0.29) is 151 Å². The molecule has 37 heteroatoms. The first-order chi connectivity index (χ1) is 39.1. The summed E-state index contributed by atoms with van der Waals surface area (Å²) in [5, 5.41) is 65.7. The first-order valence-corrected chi connectivity index (χ1v) is 29.3. The van der Waals surface area contributed by atoms with Crippen LogP contribution in [-0.4, -0.2) is 314 Å². The molecule has 0 aliphatic carbocycles. The predicted octanol–water partition coefficient (Wildman–Crippen LogP) is -6.31. The summed E-state index contributed by atoms with van der Waals surface area (Å²) in [6.45, 7) is 1.75. The van der Waals surface area contributed by atoms with Crippen LogP contribution in [0, 0.1) is 5.92 Å². The van der Waals surface area contributed by atoms with Gasteiger partial charge in [0.05, 0.1) is 158 Å². The van der Waals surface area contributed by atoms with Gasteiger partial charge in [-0.3, -0.25) is 23.4 Å². The normalized spacial score (nSPS) is 23.6. The Morgan fingerprint density at radius 3 is 1.16 bits per heavy atom. The highest BCUT2D eigenvalue weighted by Crippen LogP contribution is 2.38. The van der Waals surface area contributed by atoms with Crippen molar-refractivity contribution in [3.8, 4) is 0 Å². The van der Waals surface area contributed by atoms with Crippen molar-refractivity contribution in [2.45, 2.75) is 87.1 Å². The number of phosphoric acid groups is 2. The van der Waals surface area contributed by atoms with Crippen molar-refractivity contribution in [1.29, 1.82) is 0 Å². The molecule has 82 heavy (non-hydrogen) atoms. The maximum atomic E-state index is 13.3. The molecule has 2 radical (unpaired) electrons. The second-order valence-corrected chi connectivity index (χ2v) is 20.1. The van der Waals surface area contributed by atoms with Gasteiger partial charge in [-0.25, -0.2) is 9.13 Å². The van der Waals surface area contributed by atoms with Gasteiger partial charge >= 0.3 is 15.6 Å². The number of aliphatic hydroxyl groups excluding tert-OH is 6. The highest BCUT2D eigenvalue weighted by atomic mass is 31.2. The lowest BCUT2D eigenvalue weighted by Crippen LogP contribution is -2.59. The number of carbonyl (C=O) groups excluding carboxylic acids is 4. The maximum absolute atomic E-state index is 13.3. The summed E-state index contributed by atoms with van der Waals surface area (Å²) in [5.74, 6) is -3.05. The van der Waals surface area contributed by atoms with Crippen LogP contribution in [0.5, 0.6) is 0 Å². The summed E-state index contributed by atoms with van der Waals surface area (Å²) in [4.78, 5) is 85.7. The maximum Gasteiger partial charge on any atom is 0.469 e. The van der Waals surface area contributed by atoms with E-state index in [0.717, 1.165) is 0 Å². The Bertz CT molecular complexity index is 1720. The number of amides is 2. The third-order valence-corrected chi connectivity index (χ3v) is 12.2. The van der Waals surface area contributed by atoms with Crippen molar-refractivity contribution < 1.29 is 154 Å². The van der Waals surface area contributed by atoms with Gasteiger partial charge in [0.25, 0.3) is 0 Å². The molecule has 2 saturated heterocycles. The van der Waals surface area contributed by atoms with Gasteiger partial charge in [0.2, 0.25) is 11.8 Å². The number of nitrogens with one attached hydrogen (secondary N) is 2. The number of Topliss-reactive ketones (excluding diaryl/α,β-unsaturated/α-hetero) is 1. The fourth-order valence-corrected chi connectivity index (χ4v) is 7.64. The molecule has 0 spiro atoms. The van der Waals surface area contributed by atoms with Crippen LogP contribution < -0.4 is 10.6 Å². The Kier molecular flexibility index (Phi) is 41.7. The van der Waals surface area contributed by atoms with Crippen LogP contribution >= 0.6 is 15.6 Å². The average molecular weight is 1240 g/mol. The number of hydrogen-bond donors (Lipinski definition) is 12. The van der Waals surface area contributed by atoms with E-state index in [4.69, 9.17) is 93.7 Å². The zero-order valence-electron chi connectivity index (χ0n) is 45.5. The Labute approximate surface area is 475 Å². The van der Waals surface area contributed by atoms with Crippen LogP contribution in [-0.2, 0) is 104 Å². The van der Waals surface area contributed by atoms with E-state index in [1.807, 2.05) is 0 Å². The second-order valence-electron chi connectivity index (χ2n) is 17.7. The van der Waals surface area contributed by atoms with Crippen molar-refractivity contribution >= 4 is 46.8 Å². The van der Waals surface area contributed by atoms with E-state index in [9.17, 15) is 58.9 Å². The van der Waals surface area contributed by atoms with Crippen LogP contribution in [0.2, 0.25) is 0 Å². The lowest BCUT2D eigenvalue weighted by atomic mass is 9.95. The van der Waals surface area contributed by atoms with Gasteiger partial charge in [-0.05, 0) is 6.42 Å². The summed E-state index contributed by atoms with van der Waals surface area (Å²) in [6, 6.07) is 0. The molecule has 2 rings (SSSR count). The highest BCUT2D eigenvalue weighted by molar-refractivity contribution is 7.46. The molecule has 0 bridgehead atoms. The monoisotopic (exact) mass is 1240 g/mol. The minimum absolute atomic E-state index is 0.000653. The molecule has 0 aromatic carbocycles. The number of hydrogen-bond acceptors (Lipinski definition) is 28. The summed E-state index contributed by atoms with van der Waals surface area (Å²) in [7, 11) is -4.75. The molecule has 0 aromatic rings. The Morgan fingerprint density at radius 1 is 0.439 bits per heavy atom. The Morgan fingerprint density at radius 2 is 0.780 bits per heavy atom. The number of carbonyl (C=O) groups is 4. The van der Waals surface area contributed by atoms with Crippen LogP contribution in [0.25, 0.3) is 0 Å². The third kappa shape index (κ3) is 36.7. The van der Waals surface area contributed by atoms with Crippen LogP contribution in [0.1, 0.15) is 25.7 Å². The van der Waals surface area contributed by atoms with Crippen LogP contribution in [0.3, 0.4) is 0 Å². The van der Waals surface area contributed by atoms with Crippen molar-refractivity contribution in [3.05, 3.63) is 0 Å². The standard InChI is InChI=1S/C45H83BN2O32P2/c46-35(50)3-7-66-11-15-70-18-19-71-16-12-67-8-4-47-36(51)28-31(32(49)2-1-6-65-10-14-69-20-22-73-24-26-75-44-41(56)39(54)37(52)33(79-44)29-77-81(59,60)61)43(58)48-5-9-68-13-17-72-21-23-74-25-27-76-45-42(57)40(55)38(53)34(80-45)30-78-82(62,63)64/h31,33-34,37-42,44-45,52-57H,1-30H2,(H,47,51)(H,48,58)(H2,59,60,61)(H2,62,63,64). The van der Waals surface area contributed by atoms with Gasteiger partial charge in [0.1, 0.15) is 60.5 Å². The lowest BCUT2D eigenvalue weighted by Gasteiger charge is -2.40. The summed E-state index contributed by atoms with van der Waals surface area (Å²) >= 11 is 0. The van der Waals surface area contributed by atoms with Gasteiger partial charge in [-0.15, -0.1) is 0 Å². The van der Waals surface area contributed by atoms with E-state index >= 15 is 0 Å². The third-order valence-electron chi connectivity index (χ3n) is 11.2. The zero-order chi connectivity index (χ0) is 60.6. The average Bonchev–Trinajstić information content (AvgIpc) is 3.51. The minimum atomic E-state index is -4.90. The summed E-state index contributed by atoms with van der Waals surface area (Å²) in [6.07, 6.45) is -16.1. The number of aliphatic hydroxyl groups is 6. The molecule has 478 valence electrons. The van der Waals surface area contributed by atoms with E-state index < -0.39 is 126 Å². The van der Waals surface area contributed by atoms with Gasteiger partial charge in [-0.2, -0.15) is 0 Å². The molecule has 2 aliphatic rings. The molecular weight excluding hydrogens is 1150 g/mol. The van der Waals surface area contributed by atoms with E-state index in [2.05, 4.69) is 19.7 Å². The van der Waals surface area contributed by atoms with E-state index in [0.29, 0.717) is 26.4 Å². The molecule has 2 fully saturated rings. The van der Waals surface area contributed by atoms with Crippen molar-refractivity contribution in [3.63, 3.8) is 0 Å². The first kappa shape index (κ1) is 75.9. The number of rotatable bonds is 52. The molecule has 0 saturated carbocycles.